The summed E-state index contributed by atoms with van der Waals surface area (Å²) in [5.41, 5.74) is 6.84. The van der Waals surface area contributed by atoms with Gasteiger partial charge in [-0.2, -0.15) is 0 Å². The number of ether oxygens (including phenoxy) is 1. The Morgan fingerprint density at radius 1 is 1.28 bits per heavy atom. The maximum absolute atomic E-state index is 11.8. The highest BCUT2D eigenvalue weighted by Crippen LogP contribution is 2.43. The number of amides is 1. The summed E-state index contributed by atoms with van der Waals surface area (Å²) in [4.78, 5) is 13.5. The van der Waals surface area contributed by atoms with Crippen LogP contribution in [0, 0.1) is 11.8 Å². The van der Waals surface area contributed by atoms with Crippen molar-refractivity contribution in [1.29, 1.82) is 0 Å². The lowest BCUT2D eigenvalue weighted by molar-refractivity contribution is 0.0999. The molecule has 2 N–H and O–H groups in total. The normalized spacial score (nSPS) is 28.3. The standard InChI is InChI=1S/C13H16N2O2.ClH/c14-12-10-6-15(7-11(10)12)13(16)17-8-9-4-2-1-3-5-9;/h1-5,10-12H,6-8,14H2;1H. The van der Waals surface area contributed by atoms with E-state index in [1.54, 1.807) is 4.90 Å². The highest BCUT2D eigenvalue weighted by molar-refractivity contribution is 5.85. The minimum atomic E-state index is -0.215. The number of nitrogens with two attached hydrogens (primary N) is 1. The van der Waals surface area contributed by atoms with Crippen LogP contribution in [0.5, 0.6) is 0 Å². The van der Waals surface area contributed by atoms with Gasteiger partial charge in [0.15, 0.2) is 0 Å². The van der Waals surface area contributed by atoms with Crippen LogP contribution in [0.1, 0.15) is 5.56 Å². The van der Waals surface area contributed by atoms with Gasteiger partial charge in [-0.3, -0.25) is 0 Å². The molecule has 0 bridgehead atoms. The summed E-state index contributed by atoms with van der Waals surface area (Å²) in [6, 6.07) is 10.0. The molecule has 18 heavy (non-hydrogen) atoms. The monoisotopic (exact) mass is 268 g/mol. The summed E-state index contributed by atoms with van der Waals surface area (Å²) in [6.45, 7) is 1.87. The summed E-state index contributed by atoms with van der Waals surface area (Å²) < 4.78 is 5.26. The Morgan fingerprint density at radius 3 is 2.50 bits per heavy atom. The lowest BCUT2D eigenvalue weighted by Gasteiger charge is -2.18. The fourth-order valence-electron chi connectivity index (χ4n) is 2.53. The molecule has 1 saturated carbocycles. The minimum Gasteiger partial charge on any atom is -0.445 e. The third kappa shape index (κ3) is 2.44. The highest BCUT2D eigenvalue weighted by Gasteiger charge is 2.54. The molecule has 1 aromatic rings. The van der Waals surface area contributed by atoms with Crippen LogP contribution in [0.25, 0.3) is 0 Å². The highest BCUT2D eigenvalue weighted by atomic mass is 35.5. The Labute approximate surface area is 113 Å². The number of fused-ring (bicyclic) bond motifs is 1. The van der Waals surface area contributed by atoms with Crippen LogP contribution in [0.15, 0.2) is 30.3 Å². The number of halogens is 1. The van der Waals surface area contributed by atoms with Gasteiger partial charge in [-0.25, -0.2) is 4.79 Å². The van der Waals surface area contributed by atoms with E-state index in [-0.39, 0.29) is 18.5 Å². The second kappa shape index (κ2) is 5.16. The first-order valence-corrected chi connectivity index (χ1v) is 5.97. The molecule has 0 aromatic heterocycles. The maximum atomic E-state index is 11.8. The quantitative estimate of drug-likeness (QED) is 0.887. The fraction of sp³-hybridized carbons (Fsp3) is 0.462. The van der Waals surface area contributed by atoms with Gasteiger partial charge in [0.2, 0.25) is 0 Å². The molecule has 98 valence electrons. The Bertz CT molecular complexity index is 414. The molecule has 4 nitrogen and oxygen atoms in total. The van der Waals surface area contributed by atoms with E-state index in [0.29, 0.717) is 24.5 Å². The van der Waals surface area contributed by atoms with Gasteiger partial charge in [-0.15, -0.1) is 12.4 Å². The van der Waals surface area contributed by atoms with E-state index in [0.717, 1.165) is 18.7 Å². The van der Waals surface area contributed by atoms with E-state index >= 15 is 0 Å². The zero-order valence-corrected chi connectivity index (χ0v) is 10.8. The lowest BCUT2D eigenvalue weighted by Crippen LogP contribution is -2.34. The third-order valence-corrected chi connectivity index (χ3v) is 3.72. The number of likely N-dealkylation sites (tertiary alicyclic amines) is 1. The first kappa shape index (κ1) is 13.2. The predicted molar refractivity (Wildman–Crippen MR) is 70.4 cm³/mol. The van der Waals surface area contributed by atoms with E-state index in [1.807, 2.05) is 30.3 Å². The summed E-state index contributed by atoms with van der Waals surface area (Å²) in [7, 11) is 0. The molecule has 2 fully saturated rings. The molecular formula is C13H17ClN2O2. The molecule has 2 atom stereocenters. The summed E-state index contributed by atoms with van der Waals surface area (Å²) in [6.07, 6.45) is -0.215. The zero-order valence-electron chi connectivity index (χ0n) is 9.99. The molecule has 3 rings (SSSR count). The molecule has 2 unspecified atom stereocenters. The number of piperidine rings is 1. The predicted octanol–water partition coefficient (Wildman–Crippen LogP) is 1.63. The van der Waals surface area contributed by atoms with Gasteiger partial charge in [0.25, 0.3) is 0 Å². The summed E-state index contributed by atoms with van der Waals surface area (Å²) >= 11 is 0. The molecule has 1 saturated heterocycles. The third-order valence-electron chi connectivity index (χ3n) is 3.72. The van der Waals surface area contributed by atoms with E-state index in [2.05, 4.69) is 0 Å². The van der Waals surface area contributed by atoms with E-state index in [4.69, 9.17) is 10.5 Å². The molecule has 1 aliphatic heterocycles. The van der Waals surface area contributed by atoms with Gasteiger partial charge in [0, 0.05) is 19.1 Å². The molecular weight excluding hydrogens is 252 g/mol. The number of nitrogens with zero attached hydrogens (tertiary/aromatic N) is 1. The smallest absolute Gasteiger partial charge is 0.410 e. The summed E-state index contributed by atoms with van der Waals surface area (Å²) in [5.74, 6) is 1.03. The maximum Gasteiger partial charge on any atom is 0.410 e. The first-order valence-electron chi connectivity index (χ1n) is 5.97. The molecule has 2 aliphatic rings. The van der Waals surface area contributed by atoms with Crippen molar-refractivity contribution in [3.63, 3.8) is 0 Å². The number of carbonyl (C=O) groups excluding carboxylic acids is 1. The molecule has 0 radical (unpaired) electrons. The van der Waals surface area contributed by atoms with Crippen molar-refractivity contribution in [2.24, 2.45) is 17.6 Å². The van der Waals surface area contributed by atoms with E-state index in [1.165, 1.54) is 0 Å². The molecule has 1 heterocycles. The van der Waals surface area contributed by atoms with Gasteiger partial charge in [0.05, 0.1) is 0 Å². The first-order chi connectivity index (χ1) is 8.25. The van der Waals surface area contributed by atoms with Gasteiger partial charge in [-0.1, -0.05) is 30.3 Å². The molecule has 0 spiro atoms. The Morgan fingerprint density at radius 2 is 1.89 bits per heavy atom. The van der Waals surface area contributed by atoms with Gasteiger partial charge < -0.3 is 15.4 Å². The Kier molecular flexibility index (Phi) is 3.78. The van der Waals surface area contributed by atoms with Crippen molar-refractivity contribution in [3.8, 4) is 0 Å². The fourth-order valence-corrected chi connectivity index (χ4v) is 2.53. The van der Waals surface area contributed by atoms with Crippen molar-refractivity contribution >= 4 is 18.5 Å². The van der Waals surface area contributed by atoms with E-state index in [9.17, 15) is 4.79 Å². The average molecular weight is 269 g/mol. The van der Waals surface area contributed by atoms with Crippen LogP contribution in [0.2, 0.25) is 0 Å². The number of hydrogen-bond acceptors (Lipinski definition) is 3. The van der Waals surface area contributed by atoms with Crippen molar-refractivity contribution in [3.05, 3.63) is 35.9 Å². The largest absolute Gasteiger partial charge is 0.445 e. The van der Waals surface area contributed by atoms with Crippen LogP contribution in [0.4, 0.5) is 4.79 Å². The lowest BCUT2D eigenvalue weighted by atomic mass is 10.2. The topological polar surface area (TPSA) is 55.6 Å². The number of rotatable bonds is 2. The van der Waals surface area contributed by atoms with Crippen LogP contribution < -0.4 is 5.73 Å². The second-order valence-corrected chi connectivity index (χ2v) is 4.85. The molecule has 1 aliphatic carbocycles. The molecule has 1 amide bonds. The number of carbonyl (C=O) groups is 1. The van der Waals surface area contributed by atoms with Crippen LogP contribution in [-0.2, 0) is 11.3 Å². The van der Waals surface area contributed by atoms with Crippen molar-refractivity contribution < 1.29 is 9.53 Å². The van der Waals surface area contributed by atoms with E-state index < -0.39 is 0 Å². The molecule has 5 heteroatoms. The Hall–Kier alpha value is -1.26. The molecule has 1 aromatic carbocycles. The zero-order chi connectivity index (χ0) is 11.8. The van der Waals surface area contributed by atoms with Gasteiger partial charge in [-0.05, 0) is 17.4 Å². The van der Waals surface area contributed by atoms with Crippen molar-refractivity contribution in [2.45, 2.75) is 12.6 Å². The SMILES string of the molecule is Cl.NC1C2CN(C(=O)OCc3ccccc3)CC12. The van der Waals surface area contributed by atoms with Crippen molar-refractivity contribution in [1.82, 2.24) is 4.90 Å². The number of hydrogen-bond donors (Lipinski definition) is 1. The number of benzene rings is 1. The van der Waals surface area contributed by atoms with Gasteiger partial charge >= 0.3 is 6.09 Å². The van der Waals surface area contributed by atoms with Gasteiger partial charge in [0.1, 0.15) is 6.61 Å². The van der Waals surface area contributed by atoms with Crippen LogP contribution in [-0.4, -0.2) is 30.1 Å². The minimum absolute atomic E-state index is 0. The van der Waals surface area contributed by atoms with Crippen molar-refractivity contribution in [2.75, 3.05) is 13.1 Å². The van der Waals surface area contributed by atoms with Crippen LogP contribution in [0.3, 0.4) is 0 Å². The summed E-state index contributed by atoms with van der Waals surface area (Å²) in [5, 5.41) is 0. The second-order valence-electron chi connectivity index (χ2n) is 4.85. The Balaban J connectivity index is 0.00000120. The average Bonchev–Trinajstić information content (AvgIpc) is 2.81. The van der Waals surface area contributed by atoms with Crippen LogP contribution >= 0.6 is 12.4 Å².